The first-order valence-corrected chi connectivity index (χ1v) is 21.6. The molecule has 0 aromatic heterocycles. The van der Waals surface area contributed by atoms with Gasteiger partial charge in [-0.15, -0.1) is 0 Å². The fourth-order valence-electron chi connectivity index (χ4n) is 5.39. The van der Waals surface area contributed by atoms with Crippen molar-refractivity contribution in [3.05, 3.63) is 24.5 Å². The zero-order chi connectivity index (χ0) is 36.3. The summed E-state index contributed by atoms with van der Waals surface area (Å²) in [7, 11) is 1.32. The Balaban J connectivity index is 4.33. The van der Waals surface area contributed by atoms with Crippen LogP contribution in [0.1, 0.15) is 174 Å². The zero-order valence-corrected chi connectivity index (χ0v) is 33.5. The third-order valence-corrected chi connectivity index (χ3v) is 9.53. The van der Waals surface area contributed by atoms with Gasteiger partial charge in [0.05, 0.1) is 34.0 Å². The molecule has 0 N–H and O–H groups in total. The number of allylic oxidation sites excluding steroid dienone is 3. The van der Waals surface area contributed by atoms with Crippen LogP contribution in [-0.2, 0) is 27.9 Å². The number of hydrogen-bond donors (Lipinski definition) is 0. The number of ether oxygens (including phenoxy) is 2. The summed E-state index contributed by atoms with van der Waals surface area (Å²) in [5, 5.41) is 0. The van der Waals surface area contributed by atoms with Crippen LogP contribution in [0, 0.1) is 0 Å². The molecular formula is C40H78NO7P. The van der Waals surface area contributed by atoms with E-state index in [0.29, 0.717) is 17.4 Å². The number of phosphoric ester groups is 1. The van der Waals surface area contributed by atoms with Crippen LogP contribution in [0.5, 0.6) is 0 Å². The second-order valence-electron chi connectivity index (χ2n) is 14.7. The summed E-state index contributed by atoms with van der Waals surface area (Å²) < 4.78 is 34.2. The molecule has 0 saturated carbocycles. The molecule has 0 aliphatic heterocycles. The van der Waals surface area contributed by atoms with Crippen molar-refractivity contribution in [2.24, 2.45) is 0 Å². The van der Waals surface area contributed by atoms with Crippen molar-refractivity contribution in [2.75, 3.05) is 47.5 Å². The van der Waals surface area contributed by atoms with Crippen LogP contribution in [-0.4, -0.2) is 64.1 Å². The van der Waals surface area contributed by atoms with Gasteiger partial charge in [0.2, 0.25) is 0 Å². The van der Waals surface area contributed by atoms with E-state index in [4.69, 9.17) is 18.5 Å². The highest BCUT2D eigenvalue weighted by molar-refractivity contribution is 7.45. The molecule has 8 nitrogen and oxygen atoms in total. The molecule has 0 fully saturated rings. The molecule has 0 heterocycles. The Hall–Kier alpha value is -1.18. The molecule has 49 heavy (non-hydrogen) atoms. The lowest BCUT2D eigenvalue weighted by atomic mass is 10.1. The van der Waals surface area contributed by atoms with Gasteiger partial charge in [-0.25, -0.2) is 0 Å². The predicted octanol–water partition coefficient (Wildman–Crippen LogP) is 11.0. The van der Waals surface area contributed by atoms with E-state index in [2.05, 4.69) is 26.0 Å². The minimum Gasteiger partial charge on any atom is -0.756 e. The maximum atomic E-state index is 12.6. The summed E-state index contributed by atoms with van der Waals surface area (Å²) in [5.74, 6) is -0.360. The number of rotatable bonds is 37. The average molecular weight is 716 g/mol. The fourth-order valence-corrected chi connectivity index (χ4v) is 6.12. The normalized spacial score (nSPS) is 14.1. The summed E-state index contributed by atoms with van der Waals surface area (Å²) in [6.07, 6.45) is 37.0. The number of esters is 1. The number of carbonyl (C=O) groups excluding carboxylic acids is 1. The van der Waals surface area contributed by atoms with E-state index >= 15 is 0 Å². The largest absolute Gasteiger partial charge is 0.756 e. The monoisotopic (exact) mass is 716 g/mol. The molecule has 0 spiro atoms. The summed E-state index contributed by atoms with van der Waals surface area (Å²) in [4.78, 5) is 24.9. The van der Waals surface area contributed by atoms with Gasteiger partial charge in [0.15, 0.2) is 6.10 Å². The third-order valence-electron chi connectivity index (χ3n) is 8.57. The molecule has 0 aliphatic carbocycles. The van der Waals surface area contributed by atoms with Gasteiger partial charge < -0.3 is 27.9 Å². The van der Waals surface area contributed by atoms with Crippen LogP contribution in [0.2, 0.25) is 0 Å². The van der Waals surface area contributed by atoms with Gasteiger partial charge in [-0.2, -0.15) is 0 Å². The van der Waals surface area contributed by atoms with Gasteiger partial charge in [0.25, 0.3) is 7.82 Å². The lowest BCUT2D eigenvalue weighted by molar-refractivity contribution is -0.870. The highest BCUT2D eigenvalue weighted by Gasteiger charge is 2.20. The van der Waals surface area contributed by atoms with Gasteiger partial charge in [-0.05, 0) is 51.0 Å². The Bertz CT molecular complexity index is 843. The highest BCUT2D eigenvalue weighted by atomic mass is 31.2. The van der Waals surface area contributed by atoms with Crippen molar-refractivity contribution in [2.45, 2.75) is 180 Å². The van der Waals surface area contributed by atoms with Crippen molar-refractivity contribution >= 4 is 13.8 Å². The Morgan fingerprint density at radius 1 is 0.633 bits per heavy atom. The molecule has 0 aromatic carbocycles. The molecule has 0 bridgehead atoms. The number of unbranched alkanes of at least 4 members (excludes halogenated alkanes) is 21. The van der Waals surface area contributed by atoms with Crippen LogP contribution in [0.15, 0.2) is 24.5 Å². The molecule has 0 aromatic rings. The second-order valence-corrected chi connectivity index (χ2v) is 16.1. The van der Waals surface area contributed by atoms with Crippen LogP contribution < -0.4 is 4.89 Å². The van der Waals surface area contributed by atoms with Gasteiger partial charge >= 0.3 is 5.97 Å². The third kappa shape index (κ3) is 37.9. The van der Waals surface area contributed by atoms with Gasteiger partial charge in [-0.1, -0.05) is 135 Å². The quantitative estimate of drug-likeness (QED) is 0.0158. The van der Waals surface area contributed by atoms with E-state index < -0.39 is 13.9 Å². The minimum absolute atomic E-state index is 0.0166. The number of likely N-dealkylation sites (N-methyl/N-ethyl adjacent to an activating group) is 1. The van der Waals surface area contributed by atoms with E-state index in [1.807, 2.05) is 27.2 Å². The average Bonchev–Trinajstić information content (AvgIpc) is 3.04. The molecule has 2 atom stereocenters. The Morgan fingerprint density at radius 2 is 1.08 bits per heavy atom. The van der Waals surface area contributed by atoms with E-state index in [9.17, 15) is 14.3 Å². The van der Waals surface area contributed by atoms with E-state index in [-0.39, 0.29) is 25.8 Å². The van der Waals surface area contributed by atoms with Crippen molar-refractivity contribution in [1.82, 2.24) is 0 Å². The van der Waals surface area contributed by atoms with E-state index in [0.717, 1.165) is 38.5 Å². The number of nitrogens with zero attached hydrogens (tertiary/aromatic N) is 1. The lowest BCUT2D eigenvalue weighted by Crippen LogP contribution is -2.37. The van der Waals surface area contributed by atoms with E-state index in [1.54, 1.807) is 6.26 Å². The smallest absolute Gasteiger partial charge is 0.306 e. The van der Waals surface area contributed by atoms with Crippen LogP contribution in [0.4, 0.5) is 0 Å². The molecule has 0 aliphatic rings. The first-order valence-electron chi connectivity index (χ1n) is 20.1. The minimum atomic E-state index is -4.53. The Labute approximate surface area is 303 Å². The summed E-state index contributed by atoms with van der Waals surface area (Å²) in [6.45, 7) is 4.71. The molecule has 0 saturated heterocycles. The van der Waals surface area contributed by atoms with Crippen molar-refractivity contribution in [3.8, 4) is 0 Å². The topological polar surface area (TPSA) is 94.1 Å². The van der Waals surface area contributed by atoms with E-state index in [1.165, 1.54) is 116 Å². The van der Waals surface area contributed by atoms with Crippen LogP contribution >= 0.6 is 7.82 Å². The van der Waals surface area contributed by atoms with Gasteiger partial charge in [-0.3, -0.25) is 9.36 Å². The Kier molecular flexibility index (Phi) is 33.1. The van der Waals surface area contributed by atoms with Crippen molar-refractivity contribution in [3.63, 3.8) is 0 Å². The fraction of sp³-hybridized carbons (Fsp3) is 0.875. The summed E-state index contributed by atoms with van der Waals surface area (Å²) >= 11 is 0. The van der Waals surface area contributed by atoms with Crippen LogP contribution in [0.25, 0.3) is 0 Å². The molecule has 0 rings (SSSR count). The van der Waals surface area contributed by atoms with Crippen LogP contribution in [0.3, 0.4) is 0 Å². The summed E-state index contributed by atoms with van der Waals surface area (Å²) in [5.41, 5.74) is 0. The molecule has 0 amide bonds. The van der Waals surface area contributed by atoms with Crippen molar-refractivity contribution < 1.29 is 37.3 Å². The number of carbonyl (C=O) groups is 1. The first kappa shape index (κ1) is 47.8. The number of phosphoric acid groups is 1. The SMILES string of the molecule is CCCCCCCC/C=C\CCCCCC/C=C\OCC(COP(=O)([O-])OCC[N+](C)(C)C)OC(=O)CCCCCCCCCCCCC. The molecular weight excluding hydrogens is 637 g/mol. The molecule has 0 radical (unpaired) electrons. The Morgan fingerprint density at radius 3 is 1.57 bits per heavy atom. The van der Waals surface area contributed by atoms with Gasteiger partial charge in [0, 0.05) is 6.42 Å². The molecule has 290 valence electrons. The number of quaternary nitrogens is 1. The van der Waals surface area contributed by atoms with Crippen molar-refractivity contribution in [1.29, 1.82) is 0 Å². The second kappa shape index (κ2) is 33.9. The maximum Gasteiger partial charge on any atom is 0.306 e. The molecule has 2 unspecified atom stereocenters. The lowest BCUT2D eigenvalue weighted by Gasteiger charge is -2.28. The highest BCUT2D eigenvalue weighted by Crippen LogP contribution is 2.38. The van der Waals surface area contributed by atoms with Gasteiger partial charge in [0.1, 0.15) is 19.8 Å². The number of hydrogen-bond acceptors (Lipinski definition) is 7. The maximum absolute atomic E-state index is 12.6. The molecule has 9 heteroatoms. The predicted molar refractivity (Wildman–Crippen MR) is 203 cm³/mol. The first-order chi connectivity index (χ1) is 23.6. The zero-order valence-electron chi connectivity index (χ0n) is 32.6. The summed E-state index contributed by atoms with van der Waals surface area (Å²) in [6, 6.07) is 0. The standard InChI is InChI=1S/C40H78NO7P/c1-6-8-10-12-14-16-18-19-20-21-22-24-26-28-30-32-35-45-37-39(38-47-49(43,44)46-36-34-41(3,4)5)48-40(42)33-31-29-27-25-23-17-15-13-11-9-7-2/h19-20,32,35,39H,6-18,21-31,33-34,36-38H2,1-5H3/b20-19-,35-32-.